The number of hydrogen-bond acceptors (Lipinski definition) is 2. The van der Waals surface area contributed by atoms with Gasteiger partial charge in [0.1, 0.15) is 0 Å². The molecule has 1 aromatic rings. The van der Waals surface area contributed by atoms with Crippen molar-refractivity contribution in [2.24, 2.45) is 5.92 Å². The summed E-state index contributed by atoms with van der Waals surface area (Å²) in [5.74, 6) is 1.44. The maximum atomic E-state index is 3.61. The average Bonchev–Trinajstić information content (AvgIpc) is 2.93. The zero-order chi connectivity index (χ0) is 14.4. The van der Waals surface area contributed by atoms with Crippen LogP contribution in [0.2, 0.25) is 0 Å². The first-order valence-electron chi connectivity index (χ1n) is 8.22. The molecule has 0 aromatic heterocycles. The number of nitrogens with zero attached hydrogens (tertiary/aromatic N) is 1. The molecule has 0 radical (unpaired) electrons. The molecule has 1 aromatic carbocycles. The van der Waals surface area contributed by atoms with Crippen molar-refractivity contribution < 1.29 is 0 Å². The molecule has 0 spiro atoms. The van der Waals surface area contributed by atoms with Crippen LogP contribution in [0.25, 0.3) is 0 Å². The van der Waals surface area contributed by atoms with Gasteiger partial charge >= 0.3 is 0 Å². The molecular formula is C18H30N2. The summed E-state index contributed by atoms with van der Waals surface area (Å²) in [5.41, 5.74) is 1.51. The SMILES string of the molecule is CCCNCC(C(C)C)N1CCC(c2ccccc2)C1. The van der Waals surface area contributed by atoms with E-state index in [-0.39, 0.29) is 0 Å². The molecule has 0 bridgehead atoms. The van der Waals surface area contributed by atoms with Gasteiger partial charge in [0.15, 0.2) is 0 Å². The van der Waals surface area contributed by atoms with Crippen LogP contribution in [0.4, 0.5) is 0 Å². The highest BCUT2D eigenvalue weighted by Crippen LogP contribution is 2.29. The summed E-state index contributed by atoms with van der Waals surface area (Å²) in [5, 5.41) is 3.61. The van der Waals surface area contributed by atoms with Gasteiger partial charge in [-0.25, -0.2) is 0 Å². The summed E-state index contributed by atoms with van der Waals surface area (Å²) >= 11 is 0. The first-order chi connectivity index (χ1) is 9.72. The lowest BCUT2D eigenvalue weighted by Gasteiger charge is -2.31. The Morgan fingerprint density at radius 3 is 2.65 bits per heavy atom. The minimum absolute atomic E-state index is 0.676. The fourth-order valence-corrected chi connectivity index (χ4v) is 3.30. The molecule has 0 saturated carbocycles. The van der Waals surface area contributed by atoms with Crippen molar-refractivity contribution in [3.63, 3.8) is 0 Å². The molecule has 1 aliphatic heterocycles. The quantitative estimate of drug-likeness (QED) is 0.766. The lowest BCUT2D eigenvalue weighted by molar-refractivity contribution is 0.184. The molecule has 2 unspecified atom stereocenters. The van der Waals surface area contributed by atoms with Crippen LogP contribution in [0.1, 0.15) is 45.1 Å². The van der Waals surface area contributed by atoms with E-state index in [4.69, 9.17) is 0 Å². The molecule has 2 atom stereocenters. The van der Waals surface area contributed by atoms with Crippen molar-refractivity contribution in [3.05, 3.63) is 35.9 Å². The van der Waals surface area contributed by atoms with Gasteiger partial charge in [-0.2, -0.15) is 0 Å². The topological polar surface area (TPSA) is 15.3 Å². The van der Waals surface area contributed by atoms with E-state index in [0.29, 0.717) is 12.0 Å². The molecule has 0 aliphatic carbocycles. The van der Waals surface area contributed by atoms with Gasteiger partial charge in [-0.15, -0.1) is 0 Å². The fourth-order valence-electron chi connectivity index (χ4n) is 3.30. The van der Waals surface area contributed by atoms with E-state index in [9.17, 15) is 0 Å². The number of rotatable bonds is 7. The number of likely N-dealkylation sites (tertiary alicyclic amines) is 1. The van der Waals surface area contributed by atoms with Gasteiger partial charge in [-0.1, -0.05) is 51.1 Å². The van der Waals surface area contributed by atoms with Crippen molar-refractivity contribution >= 4 is 0 Å². The predicted molar refractivity (Wildman–Crippen MR) is 87.2 cm³/mol. The molecule has 2 heteroatoms. The highest BCUT2D eigenvalue weighted by Gasteiger charge is 2.30. The zero-order valence-corrected chi connectivity index (χ0v) is 13.3. The van der Waals surface area contributed by atoms with Crippen LogP contribution in [-0.2, 0) is 0 Å². The van der Waals surface area contributed by atoms with Crippen molar-refractivity contribution in [2.45, 2.75) is 45.6 Å². The third-order valence-corrected chi connectivity index (χ3v) is 4.51. The van der Waals surface area contributed by atoms with E-state index < -0.39 is 0 Å². The van der Waals surface area contributed by atoms with E-state index in [2.05, 4.69) is 61.3 Å². The van der Waals surface area contributed by atoms with E-state index in [1.165, 1.54) is 31.5 Å². The van der Waals surface area contributed by atoms with E-state index in [1.54, 1.807) is 0 Å². The van der Waals surface area contributed by atoms with Gasteiger partial charge in [0.05, 0.1) is 0 Å². The molecule has 0 amide bonds. The van der Waals surface area contributed by atoms with Crippen LogP contribution >= 0.6 is 0 Å². The predicted octanol–water partition coefficient (Wildman–Crippen LogP) is 3.50. The molecule has 1 fully saturated rings. The molecule has 1 aliphatic rings. The highest BCUT2D eigenvalue weighted by atomic mass is 15.2. The van der Waals surface area contributed by atoms with Gasteiger partial charge in [0.2, 0.25) is 0 Å². The molecule has 1 N–H and O–H groups in total. The minimum Gasteiger partial charge on any atom is -0.315 e. The summed E-state index contributed by atoms with van der Waals surface area (Å²) in [6.07, 6.45) is 2.53. The Kier molecular flexibility index (Phi) is 6.06. The minimum atomic E-state index is 0.676. The van der Waals surface area contributed by atoms with Crippen LogP contribution in [-0.4, -0.2) is 37.1 Å². The average molecular weight is 274 g/mol. The summed E-state index contributed by atoms with van der Waals surface area (Å²) in [7, 11) is 0. The summed E-state index contributed by atoms with van der Waals surface area (Å²) in [4.78, 5) is 2.70. The van der Waals surface area contributed by atoms with E-state index in [0.717, 1.165) is 19.0 Å². The smallest absolute Gasteiger partial charge is 0.0243 e. The monoisotopic (exact) mass is 274 g/mol. The maximum Gasteiger partial charge on any atom is 0.0243 e. The number of nitrogens with one attached hydrogen (secondary N) is 1. The summed E-state index contributed by atoms with van der Waals surface area (Å²) in [6, 6.07) is 11.7. The summed E-state index contributed by atoms with van der Waals surface area (Å²) < 4.78 is 0. The Morgan fingerprint density at radius 2 is 2.00 bits per heavy atom. The Balaban J connectivity index is 1.92. The van der Waals surface area contributed by atoms with Crippen molar-refractivity contribution in [2.75, 3.05) is 26.2 Å². The highest BCUT2D eigenvalue weighted by molar-refractivity contribution is 5.21. The molecule has 20 heavy (non-hydrogen) atoms. The van der Waals surface area contributed by atoms with Crippen LogP contribution in [0.15, 0.2) is 30.3 Å². The lowest BCUT2D eigenvalue weighted by atomic mass is 9.98. The van der Waals surface area contributed by atoms with Crippen molar-refractivity contribution in [1.82, 2.24) is 10.2 Å². The number of benzene rings is 1. The molecule has 1 saturated heterocycles. The first-order valence-corrected chi connectivity index (χ1v) is 8.22. The van der Waals surface area contributed by atoms with Crippen LogP contribution in [0.5, 0.6) is 0 Å². The van der Waals surface area contributed by atoms with Gasteiger partial charge in [-0.05, 0) is 43.3 Å². The normalized spacial score (nSPS) is 21.5. The number of hydrogen-bond donors (Lipinski definition) is 1. The van der Waals surface area contributed by atoms with Crippen LogP contribution < -0.4 is 5.32 Å². The van der Waals surface area contributed by atoms with Crippen LogP contribution in [0, 0.1) is 5.92 Å². The third-order valence-electron chi connectivity index (χ3n) is 4.51. The van der Waals surface area contributed by atoms with Crippen LogP contribution in [0.3, 0.4) is 0 Å². The van der Waals surface area contributed by atoms with Gasteiger partial charge in [0, 0.05) is 19.1 Å². The third kappa shape index (κ3) is 4.07. The molecule has 112 valence electrons. The van der Waals surface area contributed by atoms with Crippen molar-refractivity contribution in [3.8, 4) is 0 Å². The van der Waals surface area contributed by atoms with Crippen molar-refractivity contribution in [1.29, 1.82) is 0 Å². The second-order valence-electron chi connectivity index (χ2n) is 6.41. The molecule has 2 rings (SSSR count). The standard InChI is InChI=1S/C18H30N2/c1-4-11-19-13-18(15(2)3)20-12-10-17(14-20)16-8-6-5-7-9-16/h5-9,15,17-19H,4,10-14H2,1-3H3. The van der Waals surface area contributed by atoms with Gasteiger partial charge < -0.3 is 5.32 Å². The summed E-state index contributed by atoms with van der Waals surface area (Å²) in [6.45, 7) is 11.7. The van der Waals surface area contributed by atoms with Gasteiger partial charge in [0.25, 0.3) is 0 Å². The Hall–Kier alpha value is -0.860. The van der Waals surface area contributed by atoms with E-state index in [1.807, 2.05) is 0 Å². The maximum absolute atomic E-state index is 3.61. The largest absolute Gasteiger partial charge is 0.315 e. The Labute approximate surface area is 124 Å². The fraction of sp³-hybridized carbons (Fsp3) is 0.667. The second kappa shape index (κ2) is 7.80. The molecular weight excluding hydrogens is 244 g/mol. The second-order valence-corrected chi connectivity index (χ2v) is 6.41. The van der Waals surface area contributed by atoms with E-state index >= 15 is 0 Å². The zero-order valence-electron chi connectivity index (χ0n) is 13.3. The molecule has 1 heterocycles. The van der Waals surface area contributed by atoms with Gasteiger partial charge in [-0.3, -0.25) is 4.90 Å². The first kappa shape index (κ1) is 15.5. The lowest BCUT2D eigenvalue weighted by Crippen LogP contribution is -2.44. The molecule has 2 nitrogen and oxygen atoms in total. The Bertz CT molecular complexity index is 374. The Morgan fingerprint density at radius 1 is 1.25 bits per heavy atom.